The summed E-state index contributed by atoms with van der Waals surface area (Å²) in [7, 11) is 0. The monoisotopic (exact) mass is 341 g/mol. The Morgan fingerprint density at radius 2 is 1.71 bits per heavy atom. The van der Waals surface area contributed by atoms with Crippen LogP contribution in [0.3, 0.4) is 0 Å². The Bertz CT molecular complexity index is 854. The van der Waals surface area contributed by atoms with Gasteiger partial charge in [0.2, 0.25) is 0 Å². The summed E-state index contributed by atoms with van der Waals surface area (Å²) in [6.45, 7) is 3.96. The van der Waals surface area contributed by atoms with Gasteiger partial charge < -0.3 is 5.32 Å². The third-order valence-corrected chi connectivity index (χ3v) is 4.10. The molecule has 122 valence electrons. The molecule has 0 saturated heterocycles. The Balaban J connectivity index is 1.68. The van der Waals surface area contributed by atoms with Crippen molar-refractivity contribution >= 4 is 28.2 Å². The van der Waals surface area contributed by atoms with E-state index in [0.29, 0.717) is 10.8 Å². The van der Waals surface area contributed by atoms with E-state index in [9.17, 15) is 9.18 Å². The van der Waals surface area contributed by atoms with Crippen LogP contribution in [0, 0.1) is 19.7 Å². The zero-order chi connectivity index (χ0) is 17.1. The van der Waals surface area contributed by atoms with Gasteiger partial charge in [-0.25, -0.2) is 14.2 Å². The lowest BCUT2D eigenvalue weighted by Gasteiger charge is -2.07. The summed E-state index contributed by atoms with van der Waals surface area (Å²) in [6, 6.07) is 11.6. The number of carbonyl (C=O) groups is 1. The van der Waals surface area contributed by atoms with Crippen molar-refractivity contribution in [2.24, 2.45) is 0 Å². The molecule has 0 atom stereocenters. The van der Waals surface area contributed by atoms with Crippen LogP contribution in [-0.2, 0) is 0 Å². The zero-order valence-corrected chi connectivity index (χ0v) is 14.1. The molecule has 2 aromatic carbocycles. The summed E-state index contributed by atoms with van der Waals surface area (Å²) < 4.78 is 13.0. The molecule has 0 unspecified atom stereocenters. The first-order valence-electron chi connectivity index (χ1n) is 7.37. The molecular weight excluding hydrogens is 325 g/mol. The lowest BCUT2D eigenvalue weighted by atomic mass is 10.1. The number of amides is 2. The summed E-state index contributed by atoms with van der Waals surface area (Å²) in [6.07, 6.45) is 0. The number of hydrogen-bond acceptors (Lipinski definition) is 3. The van der Waals surface area contributed by atoms with E-state index in [1.165, 1.54) is 23.5 Å². The van der Waals surface area contributed by atoms with Crippen LogP contribution in [-0.4, -0.2) is 11.0 Å². The van der Waals surface area contributed by atoms with Crippen molar-refractivity contribution < 1.29 is 9.18 Å². The number of nitrogens with zero attached hydrogens (tertiary/aromatic N) is 1. The van der Waals surface area contributed by atoms with Gasteiger partial charge in [-0.3, -0.25) is 5.32 Å². The molecule has 24 heavy (non-hydrogen) atoms. The minimum atomic E-state index is -0.347. The standard InChI is InChI=1S/C18H16FN3OS/c1-11-7-12(2)9-15(8-11)20-17(23)22-18-21-16(10-24-18)13-3-5-14(19)6-4-13/h3-10H,1-2H3,(H2,20,21,22,23). The van der Waals surface area contributed by atoms with Crippen molar-refractivity contribution in [2.45, 2.75) is 13.8 Å². The average Bonchev–Trinajstić information content (AvgIpc) is 2.95. The lowest BCUT2D eigenvalue weighted by molar-refractivity contribution is 0.262. The fourth-order valence-electron chi connectivity index (χ4n) is 2.39. The van der Waals surface area contributed by atoms with E-state index >= 15 is 0 Å². The summed E-state index contributed by atoms with van der Waals surface area (Å²) in [4.78, 5) is 16.4. The van der Waals surface area contributed by atoms with Crippen LogP contribution in [0.5, 0.6) is 0 Å². The molecule has 1 heterocycles. The van der Waals surface area contributed by atoms with Crippen LogP contribution in [0.4, 0.5) is 20.0 Å². The van der Waals surface area contributed by atoms with Crippen molar-refractivity contribution in [3.05, 3.63) is 64.8 Å². The number of rotatable bonds is 3. The number of thiazole rings is 1. The Kier molecular flexibility index (Phi) is 4.57. The highest BCUT2D eigenvalue weighted by atomic mass is 32.1. The number of carbonyl (C=O) groups excluding carboxylic acids is 1. The average molecular weight is 341 g/mol. The van der Waals surface area contributed by atoms with Gasteiger partial charge in [0.05, 0.1) is 5.69 Å². The molecule has 0 saturated carbocycles. The Hall–Kier alpha value is -2.73. The maximum Gasteiger partial charge on any atom is 0.325 e. The molecule has 4 nitrogen and oxygen atoms in total. The molecule has 0 radical (unpaired) electrons. The first-order valence-corrected chi connectivity index (χ1v) is 8.25. The van der Waals surface area contributed by atoms with Crippen molar-refractivity contribution in [1.82, 2.24) is 4.98 Å². The van der Waals surface area contributed by atoms with Crippen molar-refractivity contribution in [2.75, 3.05) is 10.6 Å². The minimum absolute atomic E-state index is 0.292. The van der Waals surface area contributed by atoms with Crippen LogP contribution in [0.2, 0.25) is 0 Å². The van der Waals surface area contributed by atoms with Gasteiger partial charge in [-0.2, -0.15) is 0 Å². The van der Waals surface area contributed by atoms with Gasteiger partial charge in [0.25, 0.3) is 0 Å². The normalized spacial score (nSPS) is 10.5. The molecule has 0 spiro atoms. The highest BCUT2D eigenvalue weighted by Gasteiger charge is 2.09. The number of urea groups is 1. The molecule has 2 amide bonds. The maximum atomic E-state index is 13.0. The topological polar surface area (TPSA) is 54.0 Å². The quantitative estimate of drug-likeness (QED) is 0.687. The van der Waals surface area contributed by atoms with E-state index in [-0.39, 0.29) is 11.8 Å². The van der Waals surface area contributed by atoms with Crippen LogP contribution in [0.25, 0.3) is 11.3 Å². The fourth-order valence-corrected chi connectivity index (χ4v) is 3.11. The highest BCUT2D eigenvalue weighted by molar-refractivity contribution is 7.14. The molecule has 0 aliphatic heterocycles. The zero-order valence-electron chi connectivity index (χ0n) is 13.3. The maximum absolute atomic E-state index is 13.0. The van der Waals surface area contributed by atoms with Gasteiger partial charge in [0.1, 0.15) is 5.82 Å². The van der Waals surface area contributed by atoms with Crippen LogP contribution in [0.1, 0.15) is 11.1 Å². The minimum Gasteiger partial charge on any atom is -0.308 e. The largest absolute Gasteiger partial charge is 0.325 e. The van der Waals surface area contributed by atoms with Crippen molar-refractivity contribution in [3.63, 3.8) is 0 Å². The molecule has 2 N–H and O–H groups in total. The lowest BCUT2D eigenvalue weighted by Crippen LogP contribution is -2.19. The van der Waals surface area contributed by atoms with Crippen LogP contribution >= 0.6 is 11.3 Å². The first-order chi connectivity index (χ1) is 11.5. The third kappa shape index (κ3) is 3.97. The second-order valence-electron chi connectivity index (χ2n) is 5.50. The number of anilines is 2. The molecule has 0 aliphatic carbocycles. The molecule has 0 aliphatic rings. The third-order valence-electron chi connectivity index (χ3n) is 3.34. The van der Waals surface area contributed by atoms with E-state index in [1.807, 2.05) is 37.4 Å². The molecule has 3 aromatic rings. The number of halogens is 1. The smallest absolute Gasteiger partial charge is 0.308 e. The van der Waals surface area contributed by atoms with Crippen molar-refractivity contribution in [3.8, 4) is 11.3 Å². The van der Waals surface area contributed by atoms with Crippen LogP contribution in [0.15, 0.2) is 47.8 Å². The van der Waals surface area contributed by atoms with E-state index in [4.69, 9.17) is 0 Å². The fraction of sp³-hybridized carbons (Fsp3) is 0.111. The Morgan fingerprint density at radius 1 is 1.04 bits per heavy atom. The highest BCUT2D eigenvalue weighted by Crippen LogP contribution is 2.25. The first kappa shape index (κ1) is 16.1. The van der Waals surface area contributed by atoms with E-state index < -0.39 is 0 Å². The Labute approximate surface area is 143 Å². The molecule has 6 heteroatoms. The van der Waals surface area contributed by atoms with Crippen LogP contribution < -0.4 is 10.6 Å². The number of nitrogens with one attached hydrogen (secondary N) is 2. The summed E-state index contributed by atoms with van der Waals surface area (Å²) in [5, 5.41) is 7.81. The number of aryl methyl sites for hydroxylation is 2. The van der Waals surface area contributed by atoms with Gasteiger partial charge in [0, 0.05) is 16.6 Å². The molecule has 0 fully saturated rings. The number of benzene rings is 2. The number of aromatic nitrogens is 1. The summed E-state index contributed by atoms with van der Waals surface area (Å²) in [5.74, 6) is -0.292. The Morgan fingerprint density at radius 3 is 2.38 bits per heavy atom. The van der Waals surface area contributed by atoms with E-state index in [1.54, 1.807) is 12.1 Å². The number of hydrogen-bond donors (Lipinski definition) is 2. The summed E-state index contributed by atoms with van der Waals surface area (Å²) >= 11 is 1.32. The summed E-state index contributed by atoms with van der Waals surface area (Å²) in [5.41, 5.74) is 4.40. The second-order valence-corrected chi connectivity index (χ2v) is 6.36. The molecule has 3 rings (SSSR count). The van der Waals surface area contributed by atoms with E-state index in [2.05, 4.69) is 15.6 Å². The molecular formula is C18H16FN3OS. The van der Waals surface area contributed by atoms with Gasteiger partial charge >= 0.3 is 6.03 Å². The van der Waals surface area contributed by atoms with Crippen molar-refractivity contribution in [1.29, 1.82) is 0 Å². The van der Waals surface area contributed by atoms with Gasteiger partial charge in [-0.15, -0.1) is 11.3 Å². The van der Waals surface area contributed by atoms with Gasteiger partial charge in [-0.05, 0) is 61.4 Å². The molecule has 0 bridgehead atoms. The van der Waals surface area contributed by atoms with Gasteiger partial charge in [-0.1, -0.05) is 6.07 Å². The van der Waals surface area contributed by atoms with E-state index in [0.717, 1.165) is 22.4 Å². The second kappa shape index (κ2) is 6.80. The predicted octanol–water partition coefficient (Wildman–Crippen LogP) is 5.21. The van der Waals surface area contributed by atoms with Gasteiger partial charge in [0.15, 0.2) is 5.13 Å². The molecule has 1 aromatic heterocycles. The SMILES string of the molecule is Cc1cc(C)cc(NC(=O)Nc2nc(-c3ccc(F)cc3)cs2)c1. The predicted molar refractivity (Wildman–Crippen MR) is 96.1 cm³/mol.